The SMILES string of the molecule is CC(C)(C)[Si](C)(C)OC1CCC(c2cc(-c3ccc(NC(=O)c4cccn(-c5ccc(F)cc5)c4=O)cc3)c3c(N)ncnn23)CC1. The number of nitrogens with two attached hydrogens (primary N) is 1. The molecule has 0 unspecified atom stereocenters. The van der Waals surface area contributed by atoms with Crippen molar-refractivity contribution in [3.63, 3.8) is 0 Å². The Kier molecular flexibility index (Phi) is 8.62. The molecule has 0 radical (unpaired) electrons. The number of rotatable bonds is 7. The Bertz CT molecular complexity index is 1970. The van der Waals surface area contributed by atoms with Gasteiger partial charge in [-0.05, 0) is 104 Å². The number of nitrogens with zero attached hydrogens (tertiary/aromatic N) is 4. The number of anilines is 2. The quantitative estimate of drug-likeness (QED) is 0.175. The third kappa shape index (κ3) is 6.50. The van der Waals surface area contributed by atoms with Gasteiger partial charge in [0.1, 0.15) is 23.2 Å². The molecule has 3 N–H and O–H groups in total. The molecule has 1 fully saturated rings. The molecule has 0 aliphatic heterocycles. The second-order valence-electron chi connectivity index (χ2n) is 13.8. The van der Waals surface area contributed by atoms with E-state index in [0.717, 1.165) is 48.0 Å². The average molecular weight is 653 g/mol. The van der Waals surface area contributed by atoms with Gasteiger partial charge in [-0.25, -0.2) is 13.9 Å². The fourth-order valence-electron chi connectivity index (χ4n) is 6.08. The standard InChI is InChI=1S/C36H41FN6O3Si/c1-36(2,3)47(4,5)46-28-18-10-24(11-19-28)31-21-30(32-33(38)39-22-40-43(31)32)23-8-14-26(15-9-23)41-34(44)29-7-6-20-42(35(29)45)27-16-12-25(37)13-17-27/h6-9,12-17,20-22,24,28H,10-11,18-19H2,1-5H3,(H,41,44)(H2,38,39,40). The van der Waals surface area contributed by atoms with Gasteiger partial charge in [-0.15, -0.1) is 0 Å². The largest absolute Gasteiger partial charge is 0.414 e. The van der Waals surface area contributed by atoms with Crippen LogP contribution in [0.2, 0.25) is 18.1 Å². The van der Waals surface area contributed by atoms with E-state index in [2.05, 4.69) is 55.3 Å². The number of hydrogen-bond acceptors (Lipinski definition) is 6. The number of amides is 1. The maximum absolute atomic E-state index is 13.4. The lowest BCUT2D eigenvalue weighted by atomic mass is 9.85. The van der Waals surface area contributed by atoms with E-state index in [9.17, 15) is 14.0 Å². The number of hydrogen-bond donors (Lipinski definition) is 2. The van der Waals surface area contributed by atoms with Gasteiger partial charge in [-0.3, -0.25) is 14.2 Å². The molecule has 47 heavy (non-hydrogen) atoms. The predicted octanol–water partition coefficient (Wildman–Crippen LogP) is 7.57. The van der Waals surface area contributed by atoms with E-state index in [1.165, 1.54) is 41.2 Å². The molecule has 1 amide bonds. The monoisotopic (exact) mass is 652 g/mol. The minimum Gasteiger partial charge on any atom is -0.414 e. The van der Waals surface area contributed by atoms with Gasteiger partial charge in [-0.2, -0.15) is 5.10 Å². The van der Waals surface area contributed by atoms with Gasteiger partial charge >= 0.3 is 0 Å². The Hall–Kier alpha value is -4.61. The first kappa shape index (κ1) is 32.3. The summed E-state index contributed by atoms with van der Waals surface area (Å²) >= 11 is 0. The summed E-state index contributed by atoms with van der Waals surface area (Å²) in [7, 11) is -1.84. The summed E-state index contributed by atoms with van der Waals surface area (Å²) in [5, 5.41) is 7.60. The Morgan fingerprint density at radius 3 is 2.36 bits per heavy atom. The lowest BCUT2D eigenvalue weighted by Gasteiger charge is -2.41. The first-order valence-electron chi connectivity index (χ1n) is 16.0. The van der Waals surface area contributed by atoms with Crippen LogP contribution >= 0.6 is 0 Å². The lowest BCUT2D eigenvalue weighted by Crippen LogP contribution is -2.44. The minimum atomic E-state index is -1.84. The van der Waals surface area contributed by atoms with Gasteiger partial charge in [0.2, 0.25) is 0 Å². The highest BCUT2D eigenvalue weighted by Crippen LogP contribution is 2.43. The highest BCUT2D eigenvalue weighted by molar-refractivity contribution is 6.74. The summed E-state index contributed by atoms with van der Waals surface area (Å²) in [4.78, 5) is 30.5. The number of fused-ring (bicyclic) bond motifs is 1. The molecule has 1 aliphatic rings. The van der Waals surface area contributed by atoms with Crippen molar-refractivity contribution < 1.29 is 13.6 Å². The van der Waals surface area contributed by atoms with E-state index in [-0.39, 0.29) is 16.7 Å². The van der Waals surface area contributed by atoms with E-state index in [0.29, 0.717) is 23.1 Å². The zero-order chi connectivity index (χ0) is 33.5. The van der Waals surface area contributed by atoms with Crippen LogP contribution in [0.5, 0.6) is 0 Å². The second kappa shape index (κ2) is 12.5. The molecule has 1 aliphatic carbocycles. The van der Waals surface area contributed by atoms with Crippen molar-refractivity contribution in [2.75, 3.05) is 11.1 Å². The molecule has 6 rings (SSSR count). The average Bonchev–Trinajstić information content (AvgIpc) is 3.43. The van der Waals surface area contributed by atoms with Crippen molar-refractivity contribution in [1.82, 2.24) is 19.2 Å². The summed E-state index contributed by atoms with van der Waals surface area (Å²) in [6, 6.07) is 18.2. The fourth-order valence-corrected chi connectivity index (χ4v) is 7.50. The van der Waals surface area contributed by atoms with E-state index >= 15 is 0 Å². The second-order valence-corrected chi connectivity index (χ2v) is 18.6. The van der Waals surface area contributed by atoms with Crippen LogP contribution in [0.15, 0.2) is 84.0 Å². The summed E-state index contributed by atoms with van der Waals surface area (Å²) in [6.45, 7) is 11.5. The molecule has 1 saturated carbocycles. The van der Waals surface area contributed by atoms with E-state index < -0.39 is 25.6 Å². The Labute approximate surface area is 274 Å². The summed E-state index contributed by atoms with van der Waals surface area (Å²) < 4.78 is 23.4. The van der Waals surface area contributed by atoms with E-state index in [1.807, 2.05) is 16.6 Å². The number of nitrogens with one attached hydrogen (secondary N) is 1. The van der Waals surface area contributed by atoms with E-state index in [1.54, 1.807) is 24.4 Å². The van der Waals surface area contributed by atoms with E-state index in [4.69, 9.17) is 10.2 Å². The molecule has 11 heteroatoms. The summed E-state index contributed by atoms with van der Waals surface area (Å²) in [5.41, 5.74) is 10.6. The van der Waals surface area contributed by atoms with Gasteiger partial charge in [0, 0.05) is 40.9 Å². The van der Waals surface area contributed by atoms with Gasteiger partial charge in [0.25, 0.3) is 11.5 Å². The summed E-state index contributed by atoms with van der Waals surface area (Å²) in [6.07, 6.45) is 7.33. The number of aromatic nitrogens is 4. The molecular weight excluding hydrogens is 612 g/mol. The minimum absolute atomic E-state index is 0.0293. The molecule has 0 bridgehead atoms. The third-order valence-corrected chi connectivity index (χ3v) is 14.3. The van der Waals surface area contributed by atoms with Crippen LogP contribution in [0.4, 0.5) is 15.9 Å². The number of pyridine rings is 1. The van der Waals surface area contributed by atoms with Crippen LogP contribution in [0.25, 0.3) is 22.3 Å². The molecule has 0 spiro atoms. The van der Waals surface area contributed by atoms with Crippen LogP contribution in [0, 0.1) is 5.82 Å². The summed E-state index contributed by atoms with van der Waals surface area (Å²) in [5.74, 6) is -0.237. The maximum Gasteiger partial charge on any atom is 0.267 e. The van der Waals surface area contributed by atoms with Gasteiger partial charge in [0.05, 0.1) is 0 Å². The highest BCUT2D eigenvalue weighted by Gasteiger charge is 2.40. The van der Waals surface area contributed by atoms with Crippen LogP contribution in [0.1, 0.15) is 68.4 Å². The zero-order valence-corrected chi connectivity index (χ0v) is 28.5. The third-order valence-electron chi connectivity index (χ3n) is 9.72. The van der Waals surface area contributed by atoms with Gasteiger partial charge < -0.3 is 15.5 Å². The zero-order valence-electron chi connectivity index (χ0n) is 27.5. The number of benzene rings is 2. The van der Waals surface area contributed by atoms with Gasteiger partial charge in [-0.1, -0.05) is 32.9 Å². The van der Waals surface area contributed by atoms with Crippen molar-refractivity contribution in [2.45, 2.75) is 76.6 Å². The van der Waals surface area contributed by atoms with Crippen LogP contribution < -0.4 is 16.6 Å². The number of carbonyl (C=O) groups excluding carboxylic acids is 1. The van der Waals surface area contributed by atoms with Crippen molar-refractivity contribution in [1.29, 1.82) is 0 Å². The Morgan fingerprint density at radius 2 is 1.70 bits per heavy atom. The van der Waals surface area contributed by atoms with Gasteiger partial charge in [0.15, 0.2) is 14.1 Å². The number of halogens is 1. The maximum atomic E-state index is 13.4. The van der Waals surface area contributed by atoms with Crippen LogP contribution in [-0.4, -0.2) is 39.5 Å². The molecule has 3 heterocycles. The number of carbonyl (C=O) groups is 1. The molecule has 2 aromatic carbocycles. The normalized spacial score (nSPS) is 17.1. The molecule has 9 nitrogen and oxygen atoms in total. The molecule has 0 atom stereocenters. The fraction of sp³-hybridized carbons (Fsp3) is 0.333. The van der Waals surface area contributed by atoms with Crippen LogP contribution in [0.3, 0.4) is 0 Å². The first-order valence-corrected chi connectivity index (χ1v) is 18.9. The number of nitrogen functional groups attached to an aromatic ring is 1. The topological polar surface area (TPSA) is 117 Å². The van der Waals surface area contributed by atoms with Crippen molar-refractivity contribution in [3.8, 4) is 16.8 Å². The first-order chi connectivity index (χ1) is 22.3. The highest BCUT2D eigenvalue weighted by atomic mass is 28.4. The Morgan fingerprint density at radius 1 is 1.02 bits per heavy atom. The van der Waals surface area contributed by atoms with Crippen molar-refractivity contribution in [3.05, 3.63) is 107 Å². The van der Waals surface area contributed by atoms with Crippen molar-refractivity contribution >= 4 is 31.2 Å². The predicted molar refractivity (Wildman–Crippen MR) is 186 cm³/mol. The Balaban J connectivity index is 1.21. The smallest absolute Gasteiger partial charge is 0.267 e. The van der Waals surface area contributed by atoms with Crippen LogP contribution in [-0.2, 0) is 4.43 Å². The molecule has 3 aromatic heterocycles. The molecular formula is C36H41FN6O3Si. The molecule has 0 saturated heterocycles. The molecule has 244 valence electrons. The van der Waals surface area contributed by atoms with Crippen molar-refractivity contribution in [2.24, 2.45) is 0 Å². The molecule has 5 aromatic rings. The lowest BCUT2D eigenvalue weighted by molar-refractivity contribution is 0.102.